The van der Waals surface area contributed by atoms with E-state index in [9.17, 15) is 14.0 Å². The van der Waals surface area contributed by atoms with Crippen molar-refractivity contribution in [2.75, 3.05) is 18.0 Å². The maximum Gasteiger partial charge on any atom is 0.298 e. The smallest absolute Gasteiger partial charge is 0.298 e. The molecule has 0 saturated carbocycles. The number of nitrogens with zero attached hydrogens (tertiary/aromatic N) is 3. The molecule has 1 N–H and O–H groups in total. The highest BCUT2D eigenvalue weighted by Crippen LogP contribution is 2.30. The molecule has 0 spiro atoms. The fourth-order valence-electron chi connectivity index (χ4n) is 4.39. The van der Waals surface area contributed by atoms with E-state index >= 15 is 0 Å². The number of nitrogens with one attached hydrogen (secondary N) is 1. The van der Waals surface area contributed by atoms with Crippen LogP contribution in [0, 0.1) is 11.7 Å². The normalized spacial score (nSPS) is 15.1. The topological polar surface area (TPSA) is 76.5 Å². The molecule has 3 aromatic rings. The Morgan fingerprint density at radius 2 is 1.79 bits per heavy atom. The van der Waals surface area contributed by atoms with Crippen LogP contribution < -0.4 is 20.5 Å². The molecule has 1 aromatic heterocycles. The van der Waals surface area contributed by atoms with Gasteiger partial charge in [0.05, 0.1) is 0 Å². The van der Waals surface area contributed by atoms with Gasteiger partial charge in [-0.1, -0.05) is 42.5 Å². The van der Waals surface area contributed by atoms with Crippen LogP contribution in [-0.2, 0) is 19.7 Å². The fourth-order valence-corrected chi connectivity index (χ4v) is 4.39. The number of amides is 1. The molecular weight excluding hydrogens is 423 g/mol. The number of carbonyl (C=O) groups excluding carboxylic acids is 1. The van der Waals surface area contributed by atoms with Gasteiger partial charge in [-0.15, -0.1) is 0 Å². The van der Waals surface area contributed by atoms with Crippen molar-refractivity contribution in [3.05, 3.63) is 87.6 Å². The summed E-state index contributed by atoms with van der Waals surface area (Å²) in [5.74, 6) is 0.0664. The summed E-state index contributed by atoms with van der Waals surface area (Å²) in [4.78, 5) is 33.4. The molecule has 33 heavy (non-hydrogen) atoms. The highest BCUT2D eigenvalue weighted by atomic mass is 19.1. The number of ether oxygens (including phenoxy) is 1. The van der Waals surface area contributed by atoms with Crippen molar-refractivity contribution in [3.8, 4) is 5.75 Å². The molecule has 7 nitrogen and oxygen atoms in total. The van der Waals surface area contributed by atoms with E-state index in [1.54, 1.807) is 16.7 Å². The zero-order valence-corrected chi connectivity index (χ0v) is 18.2. The highest BCUT2D eigenvalue weighted by Gasteiger charge is 2.32. The number of piperidine rings is 1. The molecule has 0 radical (unpaired) electrons. The zero-order valence-electron chi connectivity index (χ0n) is 18.2. The Labute approximate surface area is 190 Å². The summed E-state index contributed by atoms with van der Waals surface area (Å²) < 4.78 is 20.8. The molecule has 1 fully saturated rings. The van der Waals surface area contributed by atoms with Crippen LogP contribution in [-0.4, -0.2) is 28.5 Å². The Morgan fingerprint density at radius 1 is 1.06 bits per heavy atom. The van der Waals surface area contributed by atoms with Gasteiger partial charge < -0.3 is 15.0 Å². The molecule has 4 heterocycles. The van der Waals surface area contributed by atoms with E-state index in [2.05, 4.69) is 15.2 Å². The number of aromatic nitrogens is 2. The summed E-state index contributed by atoms with van der Waals surface area (Å²) >= 11 is 0. The minimum Gasteiger partial charge on any atom is -0.481 e. The first-order valence-corrected chi connectivity index (χ1v) is 11.2. The summed E-state index contributed by atoms with van der Waals surface area (Å²) in [5.41, 5.74) is 1.28. The van der Waals surface area contributed by atoms with Gasteiger partial charge in [-0.05, 0) is 42.0 Å². The van der Waals surface area contributed by atoms with E-state index in [-0.39, 0.29) is 36.0 Å². The number of hydrogen-bond donors (Lipinski definition) is 1. The van der Waals surface area contributed by atoms with E-state index in [1.165, 1.54) is 12.1 Å². The van der Waals surface area contributed by atoms with Gasteiger partial charge in [-0.2, -0.15) is 0 Å². The van der Waals surface area contributed by atoms with Gasteiger partial charge >= 0.3 is 0 Å². The number of fused-ring (bicyclic) bond motifs is 2. The second-order valence-corrected chi connectivity index (χ2v) is 8.52. The van der Waals surface area contributed by atoms with Crippen molar-refractivity contribution >= 4 is 11.9 Å². The van der Waals surface area contributed by atoms with Gasteiger partial charge in [0.15, 0.2) is 5.69 Å². The lowest BCUT2D eigenvalue weighted by Gasteiger charge is -2.27. The second-order valence-electron chi connectivity index (χ2n) is 8.52. The molecule has 170 valence electrons. The van der Waals surface area contributed by atoms with Crippen LogP contribution in [0.5, 0.6) is 5.75 Å². The lowest BCUT2D eigenvalue weighted by molar-refractivity contribution is 0.0940. The first kappa shape index (κ1) is 21.2. The molecule has 2 bridgehead atoms. The molecule has 0 unspecified atom stereocenters. The van der Waals surface area contributed by atoms with Crippen molar-refractivity contribution in [1.29, 1.82) is 0 Å². The third-order valence-corrected chi connectivity index (χ3v) is 6.25. The van der Waals surface area contributed by atoms with E-state index in [1.807, 2.05) is 30.3 Å². The van der Waals surface area contributed by atoms with Crippen LogP contribution in [0.1, 0.15) is 34.5 Å². The predicted molar refractivity (Wildman–Crippen MR) is 122 cm³/mol. The molecule has 8 heteroatoms. The van der Waals surface area contributed by atoms with Gasteiger partial charge in [0.2, 0.25) is 11.7 Å². The largest absolute Gasteiger partial charge is 0.481 e. The van der Waals surface area contributed by atoms with Gasteiger partial charge in [-0.3, -0.25) is 14.2 Å². The Kier molecular flexibility index (Phi) is 5.81. The first-order valence-electron chi connectivity index (χ1n) is 11.2. The number of benzene rings is 2. The molecule has 2 aromatic carbocycles. The molecule has 1 saturated heterocycles. The van der Waals surface area contributed by atoms with Crippen molar-refractivity contribution < 1.29 is 13.9 Å². The van der Waals surface area contributed by atoms with Crippen molar-refractivity contribution in [2.45, 2.75) is 32.5 Å². The molecule has 3 aliphatic heterocycles. The van der Waals surface area contributed by atoms with Crippen molar-refractivity contribution in [1.82, 2.24) is 14.9 Å². The molecule has 0 aliphatic carbocycles. The van der Waals surface area contributed by atoms with Crippen LogP contribution >= 0.6 is 0 Å². The van der Waals surface area contributed by atoms with E-state index in [4.69, 9.17) is 4.74 Å². The Balaban J connectivity index is 1.48. The predicted octanol–water partition coefficient (Wildman–Crippen LogP) is 3.12. The number of halogens is 1. The summed E-state index contributed by atoms with van der Waals surface area (Å²) in [7, 11) is 0. The lowest BCUT2D eigenvalue weighted by Crippen LogP contribution is -2.35. The standard InChI is InChI=1S/C25H25FN4O3/c26-20-8-6-17(7-9-20)14-27-23(31)21-22(33-16-19-4-2-1-3-5-19)24(32)30-15-18-10-12-29(13-11-18)25(30)28-21/h1-9,18H,10-16H2,(H,27,31). The number of anilines is 1. The molecule has 0 atom stereocenters. The summed E-state index contributed by atoms with van der Waals surface area (Å²) in [6, 6.07) is 15.4. The van der Waals surface area contributed by atoms with E-state index < -0.39 is 5.91 Å². The number of rotatable bonds is 6. The number of carbonyl (C=O) groups is 1. The van der Waals surface area contributed by atoms with Crippen LogP contribution in [0.4, 0.5) is 10.3 Å². The van der Waals surface area contributed by atoms with Gasteiger partial charge in [0.25, 0.3) is 11.5 Å². The quantitative estimate of drug-likeness (QED) is 0.627. The second kappa shape index (κ2) is 9.05. The summed E-state index contributed by atoms with van der Waals surface area (Å²) in [6.45, 7) is 2.55. The van der Waals surface area contributed by atoms with Crippen LogP contribution in [0.15, 0.2) is 59.4 Å². The Bertz CT molecular complexity index is 1200. The van der Waals surface area contributed by atoms with Crippen LogP contribution in [0.3, 0.4) is 0 Å². The third kappa shape index (κ3) is 4.46. The minimum absolute atomic E-state index is 0.0188. The maximum atomic E-state index is 13.5. The van der Waals surface area contributed by atoms with Crippen LogP contribution in [0.25, 0.3) is 0 Å². The van der Waals surface area contributed by atoms with Crippen LogP contribution in [0.2, 0.25) is 0 Å². The summed E-state index contributed by atoms with van der Waals surface area (Å²) in [6.07, 6.45) is 1.99. The van der Waals surface area contributed by atoms with E-state index in [0.29, 0.717) is 18.4 Å². The molecular formula is C25H25FN4O3. The highest BCUT2D eigenvalue weighted by molar-refractivity contribution is 5.95. The number of hydrogen-bond acceptors (Lipinski definition) is 5. The Hall–Kier alpha value is -3.68. The molecule has 1 amide bonds. The van der Waals surface area contributed by atoms with Crippen molar-refractivity contribution in [2.24, 2.45) is 5.92 Å². The SMILES string of the molecule is O=C(NCc1ccc(F)cc1)c1nc2n(c(=O)c1OCc1ccccc1)CC1CCN2CC1. The monoisotopic (exact) mass is 448 g/mol. The lowest BCUT2D eigenvalue weighted by atomic mass is 9.98. The third-order valence-electron chi connectivity index (χ3n) is 6.25. The Morgan fingerprint density at radius 3 is 2.52 bits per heavy atom. The average molecular weight is 448 g/mol. The maximum absolute atomic E-state index is 13.5. The zero-order chi connectivity index (χ0) is 22.8. The van der Waals surface area contributed by atoms with Crippen molar-refractivity contribution in [3.63, 3.8) is 0 Å². The molecule has 3 aliphatic rings. The average Bonchev–Trinajstić information content (AvgIpc) is 3.13. The van der Waals surface area contributed by atoms with Gasteiger partial charge in [-0.25, -0.2) is 9.37 Å². The van der Waals surface area contributed by atoms with E-state index in [0.717, 1.165) is 37.1 Å². The van der Waals surface area contributed by atoms with Gasteiger partial charge in [0, 0.05) is 26.2 Å². The fraction of sp³-hybridized carbons (Fsp3) is 0.320. The first-order chi connectivity index (χ1) is 16.1. The summed E-state index contributed by atoms with van der Waals surface area (Å²) in [5, 5.41) is 2.80. The van der Waals surface area contributed by atoms with Gasteiger partial charge in [0.1, 0.15) is 12.4 Å². The minimum atomic E-state index is -0.497. The molecule has 6 rings (SSSR count).